The smallest absolute Gasteiger partial charge is 0.138 e. The van der Waals surface area contributed by atoms with E-state index in [1.54, 1.807) is 0 Å². The summed E-state index contributed by atoms with van der Waals surface area (Å²) in [5.41, 5.74) is 0.897. The van der Waals surface area contributed by atoms with Crippen LogP contribution in [-0.2, 0) is 11.2 Å². The number of carbonyl (C=O) groups excluding carboxylic acids is 1. The van der Waals surface area contributed by atoms with Crippen molar-refractivity contribution >= 4 is 5.78 Å². The van der Waals surface area contributed by atoms with Crippen molar-refractivity contribution in [3.8, 4) is 0 Å². The minimum atomic E-state index is 0.254. The third kappa shape index (κ3) is 3.18. The molecule has 0 saturated carbocycles. The number of hydrogen-bond donors (Lipinski definition) is 0. The van der Waals surface area contributed by atoms with Crippen LogP contribution in [0.4, 0.5) is 0 Å². The molecule has 0 aliphatic carbocycles. The molecule has 15 heavy (non-hydrogen) atoms. The average Bonchev–Trinajstić information content (AvgIpc) is 2.68. The van der Waals surface area contributed by atoms with Gasteiger partial charge in [0.25, 0.3) is 0 Å². The van der Waals surface area contributed by atoms with Crippen molar-refractivity contribution in [3.05, 3.63) is 18.0 Å². The first-order chi connectivity index (χ1) is 7.21. The molecule has 0 unspecified atom stereocenters. The monoisotopic (exact) mass is 208 g/mol. The van der Waals surface area contributed by atoms with E-state index in [1.807, 2.05) is 23.9 Å². The van der Waals surface area contributed by atoms with E-state index in [1.165, 1.54) is 0 Å². The molecule has 0 aliphatic rings. The second-order valence-corrected chi connectivity index (χ2v) is 3.83. The highest BCUT2D eigenvalue weighted by molar-refractivity contribution is 5.80. The zero-order valence-electron chi connectivity index (χ0n) is 9.86. The third-order valence-electron chi connectivity index (χ3n) is 2.75. The molecule has 0 fully saturated rings. The Morgan fingerprint density at radius 3 is 2.60 bits per heavy atom. The lowest BCUT2D eigenvalue weighted by atomic mass is 10.2. The van der Waals surface area contributed by atoms with E-state index in [0.29, 0.717) is 18.9 Å². The van der Waals surface area contributed by atoms with Gasteiger partial charge in [0.1, 0.15) is 5.78 Å². The van der Waals surface area contributed by atoms with Gasteiger partial charge >= 0.3 is 0 Å². The van der Waals surface area contributed by atoms with Crippen LogP contribution in [0.15, 0.2) is 12.3 Å². The fraction of sp³-hybridized carbons (Fsp3) is 0.667. The maximum atomic E-state index is 11.3. The highest BCUT2D eigenvalue weighted by Gasteiger charge is 2.09. The third-order valence-corrected chi connectivity index (χ3v) is 2.75. The van der Waals surface area contributed by atoms with Crippen molar-refractivity contribution in [2.45, 2.75) is 52.5 Å². The van der Waals surface area contributed by atoms with Crippen LogP contribution in [-0.4, -0.2) is 15.6 Å². The summed E-state index contributed by atoms with van der Waals surface area (Å²) in [7, 11) is 0. The highest BCUT2D eigenvalue weighted by atomic mass is 16.1. The molecule has 0 atom stereocenters. The summed E-state index contributed by atoms with van der Waals surface area (Å²) in [6.07, 6.45) is 5.22. The Bertz CT molecular complexity index is 313. The van der Waals surface area contributed by atoms with Gasteiger partial charge in [-0.15, -0.1) is 0 Å². The van der Waals surface area contributed by atoms with Crippen LogP contribution < -0.4 is 0 Å². The zero-order chi connectivity index (χ0) is 11.3. The van der Waals surface area contributed by atoms with E-state index in [9.17, 15) is 4.79 Å². The lowest BCUT2D eigenvalue weighted by Crippen LogP contribution is -2.09. The van der Waals surface area contributed by atoms with Crippen molar-refractivity contribution in [2.24, 2.45) is 0 Å². The minimum Gasteiger partial charge on any atom is -0.299 e. The Labute approximate surface area is 91.5 Å². The largest absolute Gasteiger partial charge is 0.299 e. The van der Waals surface area contributed by atoms with Crippen molar-refractivity contribution in [3.63, 3.8) is 0 Å². The fourth-order valence-corrected chi connectivity index (χ4v) is 1.66. The van der Waals surface area contributed by atoms with Gasteiger partial charge in [-0.1, -0.05) is 20.8 Å². The maximum Gasteiger partial charge on any atom is 0.138 e. The molecular weight excluding hydrogens is 188 g/mol. The maximum absolute atomic E-state index is 11.3. The van der Waals surface area contributed by atoms with E-state index in [0.717, 1.165) is 18.5 Å². The molecule has 1 aromatic heterocycles. The molecule has 0 spiro atoms. The quantitative estimate of drug-likeness (QED) is 0.720. The topological polar surface area (TPSA) is 34.9 Å². The normalized spacial score (nSPS) is 10.9. The van der Waals surface area contributed by atoms with E-state index < -0.39 is 0 Å². The number of carbonyl (C=O) groups is 1. The van der Waals surface area contributed by atoms with Gasteiger partial charge in [0.2, 0.25) is 0 Å². The molecule has 3 nitrogen and oxygen atoms in total. The van der Waals surface area contributed by atoms with Crippen LogP contribution in [0.2, 0.25) is 0 Å². The van der Waals surface area contributed by atoms with Gasteiger partial charge in [-0.05, 0) is 18.9 Å². The zero-order valence-corrected chi connectivity index (χ0v) is 9.86. The van der Waals surface area contributed by atoms with Gasteiger partial charge in [0.05, 0.1) is 18.2 Å². The standard InChI is InChI=1S/C12H20N2O/c1-4-11(5-2)14-8-7-10(13-14)9-12(15)6-3/h7-8,11H,4-6,9H2,1-3H3. The summed E-state index contributed by atoms with van der Waals surface area (Å²) in [5.74, 6) is 0.254. The van der Waals surface area contributed by atoms with Crippen molar-refractivity contribution in [1.82, 2.24) is 9.78 Å². The summed E-state index contributed by atoms with van der Waals surface area (Å²) >= 11 is 0. The molecule has 0 radical (unpaired) electrons. The van der Waals surface area contributed by atoms with Crippen molar-refractivity contribution < 1.29 is 4.79 Å². The molecule has 0 saturated heterocycles. The van der Waals surface area contributed by atoms with E-state index in [-0.39, 0.29) is 5.78 Å². The summed E-state index contributed by atoms with van der Waals surface area (Å²) in [6, 6.07) is 2.42. The lowest BCUT2D eigenvalue weighted by Gasteiger charge is -2.12. The van der Waals surface area contributed by atoms with Crippen molar-refractivity contribution in [2.75, 3.05) is 0 Å². The van der Waals surface area contributed by atoms with Crippen LogP contribution in [0, 0.1) is 0 Å². The van der Waals surface area contributed by atoms with Gasteiger partial charge < -0.3 is 0 Å². The first-order valence-electron chi connectivity index (χ1n) is 5.76. The lowest BCUT2D eigenvalue weighted by molar-refractivity contribution is -0.118. The first kappa shape index (κ1) is 12.0. The number of nitrogens with zero attached hydrogens (tertiary/aromatic N) is 2. The van der Waals surface area contributed by atoms with Crippen molar-refractivity contribution in [1.29, 1.82) is 0 Å². The summed E-state index contributed by atoms with van der Waals surface area (Å²) < 4.78 is 1.98. The predicted octanol–water partition coefficient (Wildman–Crippen LogP) is 2.77. The second kappa shape index (κ2) is 5.69. The van der Waals surface area contributed by atoms with Gasteiger partial charge in [0, 0.05) is 12.6 Å². The molecule has 0 aromatic carbocycles. The Morgan fingerprint density at radius 1 is 1.40 bits per heavy atom. The van der Waals surface area contributed by atoms with Crippen LogP contribution in [0.5, 0.6) is 0 Å². The Kier molecular flexibility index (Phi) is 4.53. The van der Waals surface area contributed by atoms with Gasteiger partial charge in [0.15, 0.2) is 0 Å². The average molecular weight is 208 g/mol. The second-order valence-electron chi connectivity index (χ2n) is 3.83. The molecule has 0 bridgehead atoms. The Morgan fingerprint density at radius 2 is 2.07 bits per heavy atom. The Balaban J connectivity index is 2.67. The van der Waals surface area contributed by atoms with Gasteiger partial charge in [-0.25, -0.2) is 0 Å². The van der Waals surface area contributed by atoms with E-state index >= 15 is 0 Å². The summed E-state index contributed by atoms with van der Waals surface area (Å²) in [6.45, 7) is 6.21. The molecule has 3 heteroatoms. The van der Waals surface area contributed by atoms with Crippen LogP contribution in [0.3, 0.4) is 0 Å². The number of Topliss-reactive ketones (excluding diaryl/α,β-unsaturated/α-hetero) is 1. The summed E-state index contributed by atoms with van der Waals surface area (Å²) in [4.78, 5) is 11.3. The minimum absolute atomic E-state index is 0.254. The Hall–Kier alpha value is -1.12. The molecular formula is C12H20N2O. The fourth-order valence-electron chi connectivity index (χ4n) is 1.66. The predicted molar refractivity (Wildman–Crippen MR) is 60.8 cm³/mol. The van der Waals surface area contributed by atoms with E-state index in [2.05, 4.69) is 18.9 Å². The number of rotatable bonds is 6. The molecule has 84 valence electrons. The van der Waals surface area contributed by atoms with Crippen LogP contribution in [0.25, 0.3) is 0 Å². The van der Waals surface area contributed by atoms with E-state index in [4.69, 9.17) is 0 Å². The molecule has 1 rings (SSSR count). The number of aromatic nitrogens is 2. The first-order valence-corrected chi connectivity index (χ1v) is 5.76. The molecule has 1 aromatic rings. The van der Waals surface area contributed by atoms with Gasteiger partial charge in [-0.3, -0.25) is 9.48 Å². The summed E-state index contributed by atoms with van der Waals surface area (Å²) in [5, 5.41) is 4.44. The van der Waals surface area contributed by atoms with Crippen LogP contribution >= 0.6 is 0 Å². The van der Waals surface area contributed by atoms with Crippen LogP contribution in [0.1, 0.15) is 51.8 Å². The highest BCUT2D eigenvalue weighted by Crippen LogP contribution is 2.14. The molecule has 1 heterocycles. The van der Waals surface area contributed by atoms with Gasteiger partial charge in [-0.2, -0.15) is 5.10 Å². The molecule has 0 aliphatic heterocycles. The molecule has 0 N–H and O–H groups in total. The molecule has 0 amide bonds. The number of ketones is 1. The number of hydrogen-bond acceptors (Lipinski definition) is 2. The SMILES string of the molecule is CCC(=O)Cc1ccn(C(CC)CC)n1.